The summed E-state index contributed by atoms with van der Waals surface area (Å²) in [4.78, 5) is 25.1. The fourth-order valence-corrected chi connectivity index (χ4v) is 1.99. The Bertz CT molecular complexity index is 442. The monoisotopic (exact) mass is 219 g/mol. The van der Waals surface area contributed by atoms with E-state index in [1.165, 1.54) is 7.11 Å². The summed E-state index contributed by atoms with van der Waals surface area (Å²) in [6.45, 7) is 0.544. The standard InChI is InChI=1S/C12H13NO3/c1-13-7-8-5-3-4-6-9(8)10(11(13)14)12(15)16-2/h3-6,10H,7H2,1-2H3. The molecule has 0 radical (unpaired) electrons. The van der Waals surface area contributed by atoms with Gasteiger partial charge in [0, 0.05) is 13.6 Å². The lowest BCUT2D eigenvalue weighted by atomic mass is 9.89. The van der Waals surface area contributed by atoms with E-state index in [0.717, 1.165) is 11.1 Å². The van der Waals surface area contributed by atoms with Gasteiger partial charge in [-0.25, -0.2) is 0 Å². The van der Waals surface area contributed by atoms with Gasteiger partial charge in [-0.3, -0.25) is 9.59 Å². The molecule has 16 heavy (non-hydrogen) atoms. The number of carbonyl (C=O) groups is 2. The van der Waals surface area contributed by atoms with Crippen molar-refractivity contribution in [1.82, 2.24) is 4.90 Å². The zero-order valence-corrected chi connectivity index (χ0v) is 9.27. The molecule has 1 aliphatic heterocycles. The van der Waals surface area contributed by atoms with Crippen LogP contribution in [0, 0.1) is 0 Å². The van der Waals surface area contributed by atoms with E-state index < -0.39 is 11.9 Å². The summed E-state index contributed by atoms with van der Waals surface area (Å²) in [6, 6.07) is 7.46. The lowest BCUT2D eigenvalue weighted by molar-refractivity contribution is -0.150. The molecule has 0 spiro atoms. The largest absolute Gasteiger partial charge is 0.468 e. The molecular weight excluding hydrogens is 206 g/mol. The summed E-state index contributed by atoms with van der Waals surface area (Å²) < 4.78 is 4.68. The number of esters is 1. The summed E-state index contributed by atoms with van der Waals surface area (Å²) >= 11 is 0. The third kappa shape index (κ3) is 1.56. The molecule has 2 rings (SSSR count). The van der Waals surface area contributed by atoms with Crippen molar-refractivity contribution in [2.75, 3.05) is 14.2 Å². The van der Waals surface area contributed by atoms with Crippen LogP contribution in [0.4, 0.5) is 0 Å². The molecule has 0 fully saturated rings. The first-order chi connectivity index (χ1) is 7.65. The average molecular weight is 219 g/mol. The highest BCUT2D eigenvalue weighted by atomic mass is 16.5. The van der Waals surface area contributed by atoms with Gasteiger partial charge in [0.15, 0.2) is 5.92 Å². The molecule has 1 heterocycles. The minimum absolute atomic E-state index is 0.203. The lowest BCUT2D eigenvalue weighted by Crippen LogP contribution is -2.40. The predicted octanol–water partition coefficient (Wildman–Crippen LogP) is 0.915. The second-order valence-electron chi connectivity index (χ2n) is 3.85. The van der Waals surface area contributed by atoms with E-state index in [-0.39, 0.29) is 5.91 Å². The van der Waals surface area contributed by atoms with Crippen LogP contribution in [0.5, 0.6) is 0 Å². The highest BCUT2D eigenvalue weighted by molar-refractivity contribution is 6.04. The highest BCUT2D eigenvalue weighted by Crippen LogP contribution is 2.29. The van der Waals surface area contributed by atoms with Crippen LogP contribution in [0.3, 0.4) is 0 Å². The van der Waals surface area contributed by atoms with Crippen molar-refractivity contribution >= 4 is 11.9 Å². The molecule has 1 amide bonds. The maximum Gasteiger partial charge on any atom is 0.322 e. The summed E-state index contributed by atoms with van der Waals surface area (Å²) in [5.41, 5.74) is 1.76. The molecule has 0 N–H and O–H groups in total. The Balaban J connectivity index is 2.50. The number of benzene rings is 1. The van der Waals surface area contributed by atoms with E-state index in [0.29, 0.717) is 6.54 Å². The predicted molar refractivity (Wildman–Crippen MR) is 57.7 cm³/mol. The third-order valence-electron chi connectivity index (χ3n) is 2.83. The Morgan fingerprint density at radius 1 is 1.44 bits per heavy atom. The maximum atomic E-state index is 11.9. The SMILES string of the molecule is COC(=O)C1C(=O)N(C)Cc2ccccc21. The molecular formula is C12H13NO3. The molecule has 0 aliphatic carbocycles. The van der Waals surface area contributed by atoms with Gasteiger partial charge in [-0.1, -0.05) is 24.3 Å². The molecule has 1 aromatic rings. The van der Waals surface area contributed by atoms with Crippen molar-refractivity contribution in [3.8, 4) is 0 Å². The van der Waals surface area contributed by atoms with Gasteiger partial charge in [0.05, 0.1) is 7.11 Å². The van der Waals surface area contributed by atoms with Crippen molar-refractivity contribution in [1.29, 1.82) is 0 Å². The molecule has 1 unspecified atom stereocenters. The number of nitrogens with zero attached hydrogens (tertiary/aromatic N) is 1. The number of amides is 1. The van der Waals surface area contributed by atoms with Crippen LogP contribution >= 0.6 is 0 Å². The number of methoxy groups -OCH3 is 1. The molecule has 0 saturated heterocycles. The fourth-order valence-electron chi connectivity index (χ4n) is 1.99. The Morgan fingerprint density at radius 3 is 2.81 bits per heavy atom. The van der Waals surface area contributed by atoms with Crippen molar-refractivity contribution in [2.24, 2.45) is 0 Å². The first-order valence-electron chi connectivity index (χ1n) is 5.05. The number of likely N-dealkylation sites (N-methyl/N-ethyl adjacent to an activating group) is 1. The van der Waals surface area contributed by atoms with E-state index in [2.05, 4.69) is 4.74 Å². The second-order valence-corrected chi connectivity index (χ2v) is 3.85. The molecule has 4 heteroatoms. The van der Waals surface area contributed by atoms with E-state index in [4.69, 9.17) is 0 Å². The molecule has 0 bridgehead atoms. The van der Waals surface area contributed by atoms with Crippen LogP contribution in [0.25, 0.3) is 0 Å². The molecule has 1 aromatic carbocycles. The summed E-state index contributed by atoms with van der Waals surface area (Å²) in [7, 11) is 2.99. The number of hydrogen-bond acceptors (Lipinski definition) is 3. The lowest BCUT2D eigenvalue weighted by Gasteiger charge is -2.30. The van der Waals surface area contributed by atoms with Gasteiger partial charge >= 0.3 is 5.97 Å². The maximum absolute atomic E-state index is 11.9. The Kier molecular flexibility index (Phi) is 2.64. The van der Waals surface area contributed by atoms with Gasteiger partial charge in [0.25, 0.3) is 0 Å². The number of fused-ring (bicyclic) bond motifs is 1. The third-order valence-corrected chi connectivity index (χ3v) is 2.83. The number of carbonyl (C=O) groups excluding carboxylic acids is 2. The number of ether oxygens (including phenoxy) is 1. The number of hydrogen-bond donors (Lipinski definition) is 0. The van der Waals surface area contributed by atoms with Crippen molar-refractivity contribution in [3.63, 3.8) is 0 Å². The normalized spacial score (nSPS) is 19.2. The quantitative estimate of drug-likeness (QED) is 0.521. The van der Waals surface area contributed by atoms with E-state index in [9.17, 15) is 9.59 Å². The zero-order valence-electron chi connectivity index (χ0n) is 9.27. The van der Waals surface area contributed by atoms with E-state index >= 15 is 0 Å². The average Bonchev–Trinajstić information content (AvgIpc) is 2.30. The van der Waals surface area contributed by atoms with Gasteiger partial charge in [-0.15, -0.1) is 0 Å². The van der Waals surface area contributed by atoms with Gasteiger partial charge < -0.3 is 9.64 Å². The minimum atomic E-state index is -0.806. The van der Waals surface area contributed by atoms with Gasteiger partial charge in [-0.05, 0) is 11.1 Å². The molecule has 4 nitrogen and oxygen atoms in total. The molecule has 84 valence electrons. The summed E-state index contributed by atoms with van der Waals surface area (Å²) in [5, 5.41) is 0. The molecule has 0 saturated carbocycles. The van der Waals surface area contributed by atoms with Crippen molar-refractivity contribution in [3.05, 3.63) is 35.4 Å². The van der Waals surface area contributed by atoms with E-state index in [1.807, 2.05) is 24.3 Å². The summed E-state index contributed by atoms with van der Waals surface area (Å²) in [5.74, 6) is -1.51. The van der Waals surface area contributed by atoms with Crippen LogP contribution < -0.4 is 0 Å². The Hall–Kier alpha value is -1.84. The molecule has 1 atom stereocenters. The fraction of sp³-hybridized carbons (Fsp3) is 0.333. The first-order valence-corrected chi connectivity index (χ1v) is 5.05. The smallest absolute Gasteiger partial charge is 0.322 e. The van der Waals surface area contributed by atoms with Crippen LogP contribution in [0.15, 0.2) is 24.3 Å². The number of rotatable bonds is 1. The Labute approximate surface area is 93.8 Å². The van der Waals surface area contributed by atoms with Crippen LogP contribution in [0.1, 0.15) is 17.0 Å². The minimum Gasteiger partial charge on any atom is -0.468 e. The van der Waals surface area contributed by atoms with Gasteiger partial charge in [-0.2, -0.15) is 0 Å². The summed E-state index contributed by atoms with van der Waals surface area (Å²) in [6.07, 6.45) is 0. The van der Waals surface area contributed by atoms with Crippen molar-refractivity contribution in [2.45, 2.75) is 12.5 Å². The molecule has 0 aromatic heterocycles. The van der Waals surface area contributed by atoms with Gasteiger partial charge in [0.2, 0.25) is 5.91 Å². The van der Waals surface area contributed by atoms with Crippen molar-refractivity contribution < 1.29 is 14.3 Å². The Morgan fingerprint density at radius 2 is 2.12 bits per heavy atom. The molecule has 1 aliphatic rings. The zero-order chi connectivity index (χ0) is 11.7. The van der Waals surface area contributed by atoms with E-state index in [1.54, 1.807) is 11.9 Å². The first kappa shape index (κ1) is 10.7. The highest BCUT2D eigenvalue weighted by Gasteiger charge is 2.37. The van der Waals surface area contributed by atoms with Crippen LogP contribution in [-0.4, -0.2) is 30.9 Å². The van der Waals surface area contributed by atoms with Gasteiger partial charge in [0.1, 0.15) is 0 Å². The van der Waals surface area contributed by atoms with Crippen LogP contribution in [-0.2, 0) is 20.9 Å². The topological polar surface area (TPSA) is 46.6 Å². The van der Waals surface area contributed by atoms with Crippen LogP contribution in [0.2, 0.25) is 0 Å². The second kappa shape index (κ2) is 3.96.